The van der Waals surface area contributed by atoms with E-state index < -0.39 is 0 Å². The van der Waals surface area contributed by atoms with Crippen molar-refractivity contribution in [1.29, 1.82) is 0 Å². The summed E-state index contributed by atoms with van der Waals surface area (Å²) in [5.41, 5.74) is 2.41. The van der Waals surface area contributed by atoms with E-state index in [2.05, 4.69) is 5.32 Å². The second-order valence-electron chi connectivity index (χ2n) is 6.82. The van der Waals surface area contributed by atoms with Crippen molar-refractivity contribution in [3.8, 4) is 34.5 Å². The molecule has 3 rings (SSSR count). The quantitative estimate of drug-likeness (QED) is 0.605. The van der Waals surface area contributed by atoms with Crippen LogP contribution in [0.4, 0.5) is 0 Å². The molecule has 1 saturated heterocycles. The van der Waals surface area contributed by atoms with Gasteiger partial charge in [0.15, 0.2) is 28.8 Å². The molecule has 0 spiro atoms. The molecular formula is C23H25NO7. The fourth-order valence-corrected chi connectivity index (χ4v) is 3.33. The van der Waals surface area contributed by atoms with Crippen LogP contribution < -0.4 is 24.3 Å². The molecule has 3 N–H and O–H groups in total. The van der Waals surface area contributed by atoms with E-state index in [1.54, 1.807) is 36.4 Å². The minimum atomic E-state index is -0.115. The lowest BCUT2D eigenvalue weighted by atomic mass is 9.95. The second kappa shape index (κ2) is 9.44. The average molecular weight is 427 g/mol. The Morgan fingerprint density at radius 2 is 1.03 bits per heavy atom. The Morgan fingerprint density at radius 3 is 1.32 bits per heavy atom. The molecule has 0 atom stereocenters. The number of Topliss-reactive ketones (excluding diaryl/α,β-unsaturated/α-hetero) is 1. The van der Waals surface area contributed by atoms with Gasteiger partial charge in [-0.1, -0.05) is 0 Å². The van der Waals surface area contributed by atoms with Gasteiger partial charge in [0.1, 0.15) is 0 Å². The first kappa shape index (κ1) is 22.0. The van der Waals surface area contributed by atoms with Gasteiger partial charge in [0, 0.05) is 24.2 Å². The molecule has 2 aromatic rings. The number of phenolic OH excluding ortho intramolecular Hbond substituents is 2. The zero-order chi connectivity index (χ0) is 22.5. The molecule has 8 heteroatoms. The summed E-state index contributed by atoms with van der Waals surface area (Å²) < 4.78 is 20.7. The molecule has 1 aliphatic heterocycles. The van der Waals surface area contributed by atoms with Crippen molar-refractivity contribution in [3.05, 3.63) is 46.5 Å². The van der Waals surface area contributed by atoms with Gasteiger partial charge in [-0.15, -0.1) is 0 Å². The van der Waals surface area contributed by atoms with Crippen LogP contribution in [0.15, 0.2) is 35.4 Å². The van der Waals surface area contributed by atoms with Crippen molar-refractivity contribution in [3.63, 3.8) is 0 Å². The third-order valence-corrected chi connectivity index (χ3v) is 4.90. The smallest absolute Gasteiger partial charge is 0.200 e. The highest BCUT2D eigenvalue weighted by Crippen LogP contribution is 2.39. The summed E-state index contributed by atoms with van der Waals surface area (Å²) in [5.74, 6) is 0.689. The Bertz CT molecular complexity index is 924. The number of ketones is 1. The molecular weight excluding hydrogens is 402 g/mol. The molecule has 0 radical (unpaired) electrons. The highest BCUT2D eigenvalue weighted by atomic mass is 16.5. The maximum absolute atomic E-state index is 13.1. The Morgan fingerprint density at radius 1 is 0.710 bits per heavy atom. The summed E-state index contributed by atoms with van der Waals surface area (Å²) in [6.07, 6.45) is 3.45. The number of ether oxygens (including phenoxy) is 4. The molecule has 164 valence electrons. The number of carbonyl (C=O) groups is 1. The van der Waals surface area contributed by atoms with Gasteiger partial charge >= 0.3 is 0 Å². The molecule has 0 aromatic heterocycles. The molecule has 0 aliphatic carbocycles. The van der Waals surface area contributed by atoms with E-state index in [-0.39, 0.29) is 40.3 Å². The molecule has 2 aromatic carbocycles. The van der Waals surface area contributed by atoms with E-state index in [4.69, 9.17) is 18.9 Å². The number of aromatic hydroxyl groups is 2. The summed E-state index contributed by atoms with van der Waals surface area (Å²) in [5, 5.41) is 23.4. The molecule has 0 amide bonds. The zero-order valence-electron chi connectivity index (χ0n) is 17.8. The predicted molar refractivity (Wildman–Crippen MR) is 116 cm³/mol. The van der Waals surface area contributed by atoms with E-state index in [0.717, 1.165) is 0 Å². The lowest BCUT2D eigenvalue weighted by Gasteiger charge is -2.19. The Labute approximate surface area is 180 Å². The zero-order valence-corrected chi connectivity index (χ0v) is 17.8. The third kappa shape index (κ3) is 4.59. The van der Waals surface area contributed by atoms with Crippen LogP contribution in [-0.4, -0.2) is 57.5 Å². The second-order valence-corrected chi connectivity index (χ2v) is 6.82. The van der Waals surface area contributed by atoms with E-state index in [1.807, 2.05) is 0 Å². The van der Waals surface area contributed by atoms with Crippen molar-refractivity contribution < 1.29 is 34.0 Å². The number of hydrogen-bond acceptors (Lipinski definition) is 8. The molecule has 1 heterocycles. The number of hydrogen-bond donors (Lipinski definition) is 3. The van der Waals surface area contributed by atoms with Gasteiger partial charge in [-0.2, -0.15) is 0 Å². The average Bonchev–Trinajstić information content (AvgIpc) is 2.78. The lowest BCUT2D eigenvalue weighted by Crippen LogP contribution is -2.32. The van der Waals surface area contributed by atoms with E-state index in [0.29, 0.717) is 35.4 Å². The predicted octanol–water partition coefficient (Wildman–Crippen LogP) is 2.77. The monoisotopic (exact) mass is 427 g/mol. The maximum Gasteiger partial charge on any atom is 0.200 e. The number of piperidine rings is 1. The molecule has 1 aliphatic rings. The minimum Gasteiger partial charge on any atom is -0.502 e. The van der Waals surface area contributed by atoms with E-state index in [9.17, 15) is 15.0 Å². The molecule has 0 bridgehead atoms. The van der Waals surface area contributed by atoms with Crippen molar-refractivity contribution in [2.75, 3.05) is 41.5 Å². The fraction of sp³-hybridized carbons (Fsp3) is 0.261. The number of carbonyl (C=O) groups excluding carboxylic acids is 1. The van der Waals surface area contributed by atoms with Crippen LogP contribution in [0.3, 0.4) is 0 Å². The maximum atomic E-state index is 13.1. The molecule has 1 fully saturated rings. The van der Waals surface area contributed by atoms with Crippen LogP contribution in [-0.2, 0) is 4.79 Å². The van der Waals surface area contributed by atoms with Gasteiger partial charge in [0.2, 0.25) is 11.5 Å². The van der Waals surface area contributed by atoms with Crippen LogP contribution in [0.5, 0.6) is 34.5 Å². The summed E-state index contributed by atoms with van der Waals surface area (Å²) in [6.45, 7) is 0.786. The number of rotatable bonds is 6. The molecule has 0 saturated carbocycles. The summed E-state index contributed by atoms with van der Waals surface area (Å²) >= 11 is 0. The first-order valence-corrected chi connectivity index (χ1v) is 9.48. The van der Waals surface area contributed by atoms with Crippen LogP contribution in [0, 0.1) is 0 Å². The molecule has 8 nitrogen and oxygen atoms in total. The van der Waals surface area contributed by atoms with E-state index in [1.165, 1.54) is 28.4 Å². The highest BCUT2D eigenvalue weighted by molar-refractivity contribution is 6.14. The molecule has 31 heavy (non-hydrogen) atoms. The largest absolute Gasteiger partial charge is 0.502 e. The van der Waals surface area contributed by atoms with Crippen molar-refractivity contribution in [2.45, 2.75) is 0 Å². The lowest BCUT2D eigenvalue weighted by molar-refractivity contribution is -0.112. The molecule has 0 unspecified atom stereocenters. The standard InChI is InChI=1S/C23H25NO7/c1-28-17-7-13(8-18(29-2)22(17)26)5-15-11-24-12-16(21(15)25)6-14-9-19(30-3)23(27)20(10-14)31-4/h5-10,24,26-27H,11-12H2,1-4H3/b15-5+,16-6+. The summed E-state index contributed by atoms with van der Waals surface area (Å²) in [4.78, 5) is 13.1. The fourth-order valence-electron chi connectivity index (χ4n) is 3.33. The Kier molecular flexibility index (Phi) is 6.71. The van der Waals surface area contributed by atoms with Crippen LogP contribution in [0.2, 0.25) is 0 Å². The number of benzene rings is 2. The third-order valence-electron chi connectivity index (χ3n) is 4.90. The number of methoxy groups -OCH3 is 4. The normalized spacial score (nSPS) is 16.5. The summed E-state index contributed by atoms with van der Waals surface area (Å²) in [7, 11) is 5.78. The number of phenols is 2. The Balaban J connectivity index is 1.97. The van der Waals surface area contributed by atoms with Crippen LogP contribution in [0.25, 0.3) is 12.2 Å². The first-order chi connectivity index (χ1) is 14.9. The Hall–Kier alpha value is -3.65. The SMILES string of the molecule is COc1cc(/C=C2\CNC/C(=C\c3cc(OC)c(O)c(OC)c3)C2=O)cc(OC)c1O. The van der Waals surface area contributed by atoms with Crippen molar-refractivity contribution in [1.82, 2.24) is 5.32 Å². The van der Waals surface area contributed by atoms with Crippen LogP contribution >= 0.6 is 0 Å². The van der Waals surface area contributed by atoms with E-state index >= 15 is 0 Å². The van der Waals surface area contributed by atoms with Gasteiger partial charge in [-0.05, 0) is 47.5 Å². The van der Waals surface area contributed by atoms with Gasteiger partial charge in [-0.25, -0.2) is 0 Å². The number of nitrogens with one attached hydrogen (secondary N) is 1. The topological polar surface area (TPSA) is 106 Å². The van der Waals surface area contributed by atoms with Gasteiger partial charge in [0.05, 0.1) is 28.4 Å². The van der Waals surface area contributed by atoms with Crippen LogP contribution in [0.1, 0.15) is 11.1 Å². The van der Waals surface area contributed by atoms with Gasteiger partial charge < -0.3 is 34.5 Å². The van der Waals surface area contributed by atoms with Gasteiger partial charge in [-0.3, -0.25) is 4.79 Å². The highest BCUT2D eigenvalue weighted by Gasteiger charge is 2.21. The summed E-state index contributed by atoms with van der Waals surface area (Å²) in [6, 6.07) is 6.52. The van der Waals surface area contributed by atoms with Gasteiger partial charge in [0.25, 0.3) is 0 Å². The first-order valence-electron chi connectivity index (χ1n) is 9.48. The van der Waals surface area contributed by atoms with Crippen molar-refractivity contribution in [2.24, 2.45) is 0 Å². The minimum absolute atomic E-state index is 0.101. The van der Waals surface area contributed by atoms with Crippen molar-refractivity contribution >= 4 is 17.9 Å².